The molecule has 0 fully saturated rings. The zero-order chi connectivity index (χ0) is 12.8. The van der Waals surface area contributed by atoms with Crippen molar-refractivity contribution in [2.75, 3.05) is 0 Å². The fourth-order valence-electron chi connectivity index (χ4n) is 2.74. The summed E-state index contributed by atoms with van der Waals surface area (Å²) >= 11 is 0. The largest absolute Gasteiger partial charge is 0.319 e. The molecule has 92 valence electrons. The first-order valence-electron chi connectivity index (χ1n) is 6.34. The van der Waals surface area contributed by atoms with Crippen LogP contribution in [0.5, 0.6) is 0 Å². The number of nitrogens with two attached hydrogens (primary N) is 1. The van der Waals surface area contributed by atoms with Gasteiger partial charge in [-0.05, 0) is 11.6 Å². The maximum absolute atomic E-state index is 6.29. The van der Waals surface area contributed by atoms with Crippen LogP contribution in [0.2, 0.25) is 0 Å². The van der Waals surface area contributed by atoms with Gasteiger partial charge in [0.2, 0.25) is 0 Å². The number of fused-ring (bicyclic) bond motifs is 3. The summed E-state index contributed by atoms with van der Waals surface area (Å²) in [6.45, 7) is 0. The number of rotatable bonds is 1. The standard InChI is InChI=1S/C16H13N3/c17-15-12-8-4-5-9-13(12)19-14(15)10-18-16(19)11-6-2-1-3-7-11/h1-10,15H,17H2. The molecule has 0 bridgehead atoms. The van der Waals surface area contributed by atoms with E-state index in [1.807, 2.05) is 36.5 Å². The van der Waals surface area contributed by atoms with Gasteiger partial charge in [-0.2, -0.15) is 0 Å². The van der Waals surface area contributed by atoms with Gasteiger partial charge in [0.15, 0.2) is 0 Å². The molecule has 3 aromatic rings. The summed E-state index contributed by atoms with van der Waals surface area (Å²) in [5, 5.41) is 0. The Bertz CT molecular complexity index is 744. The molecule has 0 amide bonds. The third-order valence-corrected chi connectivity index (χ3v) is 3.65. The van der Waals surface area contributed by atoms with Gasteiger partial charge >= 0.3 is 0 Å². The van der Waals surface area contributed by atoms with Crippen molar-refractivity contribution in [3.05, 3.63) is 72.1 Å². The van der Waals surface area contributed by atoms with E-state index < -0.39 is 0 Å². The minimum atomic E-state index is -0.0823. The van der Waals surface area contributed by atoms with E-state index in [1.54, 1.807) is 0 Å². The van der Waals surface area contributed by atoms with E-state index in [2.05, 4.69) is 33.8 Å². The maximum Gasteiger partial charge on any atom is 0.144 e. The zero-order valence-corrected chi connectivity index (χ0v) is 10.3. The minimum Gasteiger partial charge on any atom is -0.319 e. The normalized spacial score (nSPS) is 16.2. The predicted molar refractivity (Wildman–Crippen MR) is 75.0 cm³/mol. The van der Waals surface area contributed by atoms with Gasteiger partial charge in [-0.1, -0.05) is 48.5 Å². The van der Waals surface area contributed by atoms with Gasteiger partial charge in [0.05, 0.1) is 23.6 Å². The molecule has 1 aliphatic heterocycles. The smallest absolute Gasteiger partial charge is 0.144 e. The van der Waals surface area contributed by atoms with Crippen molar-refractivity contribution in [1.29, 1.82) is 0 Å². The Labute approximate surface area is 111 Å². The Morgan fingerprint density at radius 3 is 2.53 bits per heavy atom. The highest BCUT2D eigenvalue weighted by atomic mass is 15.1. The van der Waals surface area contributed by atoms with Crippen molar-refractivity contribution in [2.24, 2.45) is 5.73 Å². The SMILES string of the molecule is NC1c2ccccc2-n2c1cnc2-c1ccccc1. The lowest BCUT2D eigenvalue weighted by atomic mass is 10.1. The molecular formula is C16H13N3. The first kappa shape index (κ1) is 10.5. The second kappa shape index (κ2) is 3.80. The second-order valence-electron chi connectivity index (χ2n) is 4.74. The summed E-state index contributed by atoms with van der Waals surface area (Å²) in [5.74, 6) is 0.955. The van der Waals surface area contributed by atoms with Crippen LogP contribution in [0.25, 0.3) is 17.1 Å². The summed E-state index contributed by atoms with van der Waals surface area (Å²) in [6, 6.07) is 18.4. The molecule has 1 unspecified atom stereocenters. The molecule has 0 saturated carbocycles. The first-order chi connectivity index (χ1) is 9.36. The Morgan fingerprint density at radius 1 is 0.947 bits per heavy atom. The Kier molecular flexibility index (Phi) is 2.11. The molecule has 2 heterocycles. The molecule has 3 nitrogen and oxygen atoms in total. The van der Waals surface area contributed by atoms with Gasteiger partial charge < -0.3 is 5.73 Å². The van der Waals surface area contributed by atoms with Gasteiger partial charge in [0.1, 0.15) is 5.82 Å². The van der Waals surface area contributed by atoms with Crippen LogP contribution in [0.15, 0.2) is 60.8 Å². The molecular weight excluding hydrogens is 234 g/mol. The van der Waals surface area contributed by atoms with Crippen LogP contribution in [-0.2, 0) is 0 Å². The fourth-order valence-corrected chi connectivity index (χ4v) is 2.74. The van der Waals surface area contributed by atoms with E-state index in [-0.39, 0.29) is 6.04 Å². The molecule has 1 atom stereocenters. The minimum absolute atomic E-state index is 0.0823. The molecule has 0 aliphatic carbocycles. The van der Waals surface area contributed by atoms with Crippen LogP contribution in [0.1, 0.15) is 17.3 Å². The molecule has 2 N–H and O–H groups in total. The Morgan fingerprint density at radius 2 is 1.68 bits per heavy atom. The van der Waals surface area contributed by atoms with Crippen LogP contribution < -0.4 is 5.73 Å². The molecule has 19 heavy (non-hydrogen) atoms. The summed E-state index contributed by atoms with van der Waals surface area (Å²) in [4.78, 5) is 4.54. The van der Waals surface area contributed by atoms with Crippen molar-refractivity contribution in [2.45, 2.75) is 6.04 Å². The topological polar surface area (TPSA) is 43.8 Å². The van der Waals surface area contributed by atoms with Gasteiger partial charge in [-0.25, -0.2) is 4.98 Å². The summed E-state index contributed by atoms with van der Waals surface area (Å²) < 4.78 is 2.16. The van der Waals surface area contributed by atoms with E-state index in [0.29, 0.717) is 0 Å². The highest BCUT2D eigenvalue weighted by Crippen LogP contribution is 2.37. The average molecular weight is 247 g/mol. The first-order valence-corrected chi connectivity index (χ1v) is 6.34. The van der Waals surface area contributed by atoms with Crippen molar-refractivity contribution >= 4 is 0 Å². The van der Waals surface area contributed by atoms with E-state index in [4.69, 9.17) is 5.73 Å². The predicted octanol–water partition coefficient (Wildman–Crippen LogP) is 2.90. The quantitative estimate of drug-likeness (QED) is 0.718. The Hall–Kier alpha value is -2.39. The zero-order valence-electron chi connectivity index (χ0n) is 10.3. The number of hydrogen-bond donors (Lipinski definition) is 1. The number of benzene rings is 2. The van der Waals surface area contributed by atoms with Crippen molar-refractivity contribution < 1.29 is 0 Å². The van der Waals surface area contributed by atoms with Crippen molar-refractivity contribution in [3.63, 3.8) is 0 Å². The van der Waals surface area contributed by atoms with Gasteiger partial charge in [-0.15, -0.1) is 0 Å². The maximum atomic E-state index is 6.29. The number of aromatic nitrogens is 2. The van der Waals surface area contributed by atoms with E-state index in [9.17, 15) is 0 Å². The van der Waals surface area contributed by atoms with Crippen molar-refractivity contribution in [1.82, 2.24) is 9.55 Å². The summed E-state index contributed by atoms with van der Waals surface area (Å²) in [7, 11) is 0. The average Bonchev–Trinajstić information content (AvgIpc) is 3.02. The lowest BCUT2D eigenvalue weighted by molar-refractivity contribution is 0.866. The monoisotopic (exact) mass is 247 g/mol. The third kappa shape index (κ3) is 1.39. The van der Waals surface area contributed by atoms with E-state index in [0.717, 1.165) is 28.3 Å². The van der Waals surface area contributed by atoms with Crippen LogP contribution in [0.4, 0.5) is 0 Å². The van der Waals surface area contributed by atoms with Crippen molar-refractivity contribution in [3.8, 4) is 17.1 Å². The molecule has 3 heteroatoms. The highest BCUT2D eigenvalue weighted by Gasteiger charge is 2.28. The Balaban J connectivity index is 2.00. The molecule has 4 rings (SSSR count). The lowest BCUT2D eigenvalue weighted by Crippen LogP contribution is -2.07. The number of imidazole rings is 1. The molecule has 1 aromatic heterocycles. The molecule has 0 saturated heterocycles. The van der Waals surface area contributed by atoms with Crippen LogP contribution in [-0.4, -0.2) is 9.55 Å². The number of hydrogen-bond acceptors (Lipinski definition) is 2. The lowest BCUT2D eigenvalue weighted by Gasteiger charge is -2.06. The fraction of sp³-hybridized carbons (Fsp3) is 0.0625. The summed E-state index contributed by atoms with van der Waals surface area (Å²) in [6.07, 6.45) is 1.88. The summed E-state index contributed by atoms with van der Waals surface area (Å²) in [5.41, 5.74) is 10.8. The van der Waals surface area contributed by atoms with Crippen LogP contribution in [0.3, 0.4) is 0 Å². The molecule has 1 aliphatic rings. The van der Waals surface area contributed by atoms with Gasteiger partial charge in [0.25, 0.3) is 0 Å². The van der Waals surface area contributed by atoms with Crippen LogP contribution in [0, 0.1) is 0 Å². The van der Waals surface area contributed by atoms with E-state index >= 15 is 0 Å². The molecule has 2 aromatic carbocycles. The number of nitrogens with zero attached hydrogens (tertiary/aromatic N) is 2. The highest BCUT2D eigenvalue weighted by molar-refractivity contribution is 5.64. The second-order valence-corrected chi connectivity index (χ2v) is 4.74. The number of para-hydroxylation sites is 1. The van der Waals surface area contributed by atoms with E-state index in [1.165, 1.54) is 0 Å². The van der Waals surface area contributed by atoms with Gasteiger partial charge in [-0.3, -0.25) is 4.57 Å². The third-order valence-electron chi connectivity index (χ3n) is 3.65. The molecule has 0 spiro atoms. The molecule has 0 radical (unpaired) electrons. The van der Waals surface area contributed by atoms with Gasteiger partial charge in [0, 0.05) is 5.56 Å². The van der Waals surface area contributed by atoms with Crippen LogP contribution >= 0.6 is 0 Å².